The monoisotopic (exact) mass is 244 g/mol. The highest BCUT2D eigenvalue weighted by molar-refractivity contribution is 5.42. The highest BCUT2D eigenvalue weighted by Crippen LogP contribution is 2.47. The van der Waals surface area contributed by atoms with Crippen molar-refractivity contribution >= 4 is 0 Å². The Hall–Kier alpha value is -0.980. The van der Waals surface area contributed by atoms with Crippen LogP contribution < -0.4 is 4.74 Å². The summed E-state index contributed by atoms with van der Waals surface area (Å²) in [6.07, 6.45) is 8.63. The van der Waals surface area contributed by atoms with Crippen LogP contribution in [0, 0.1) is 0 Å². The van der Waals surface area contributed by atoms with Gasteiger partial charge in [0.05, 0.1) is 6.10 Å². The maximum atomic E-state index is 5.87. The van der Waals surface area contributed by atoms with Gasteiger partial charge in [0.2, 0.25) is 0 Å². The summed E-state index contributed by atoms with van der Waals surface area (Å²) in [5.74, 6) is 2.72. The predicted octanol–water partition coefficient (Wildman–Crippen LogP) is 5.01. The largest absolute Gasteiger partial charge is 0.491 e. The molecule has 0 heterocycles. The van der Waals surface area contributed by atoms with Crippen molar-refractivity contribution in [3.8, 4) is 5.75 Å². The quantitative estimate of drug-likeness (QED) is 0.723. The zero-order valence-corrected chi connectivity index (χ0v) is 11.6. The normalized spacial score (nSPS) is 20.6. The summed E-state index contributed by atoms with van der Waals surface area (Å²) in [5.41, 5.74) is 3.23. The molecule has 98 valence electrons. The second-order valence-electron chi connectivity index (χ2n) is 6.21. The molecule has 2 aliphatic carbocycles. The molecule has 1 nitrogen and oxygen atoms in total. The van der Waals surface area contributed by atoms with Crippen molar-refractivity contribution in [2.24, 2.45) is 0 Å². The number of hydrogen-bond donors (Lipinski definition) is 0. The van der Waals surface area contributed by atoms with E-state index in [0.29, 0.717) is 0 Å². The fraction of sp³-hybridized carbons (Fsp3) is 0.647. The van der Waals surface area contributed by atoms with Crippen molar-refractivity contribution in [1.29, 1.82) is 0 Å². The first kappa shape index (κ1) is 12.1. The predicted molar refractivity (Wildman–Crippen MR) is 75.4 cm³/mol. The molecule has 2 fully saturated rings. The minimum absolute atomic E-state index is 0.271. The maximum absolute atomic E-state index is 5.87. The van der Waals surface area contributed by atoms with E-state index in [-0.39, 0.29) is 6.10 Å². The Kier molecular flexibility index (Phi) is 3.32. The second-order valence-corrected chi connectivity index (χ2v) is 6.21. The Labute approximate surface area is 111 Å². The molecule has 0 amide bonds. The molecule has 1 aromatic carbocycles. The lowest BCUT2D eigenvalue weighted by Gasteiger charge is -2.18. The molecule has 1 heteroatoms. The van der Waals surface area contributed by atoms with Gasteiger partial charge in [-0.15, -0.1) is 0 Å². The summed E-state index contributed by atoms with van der Waals surface area (Å²) in [6, 6.07) is 6.85. The fourth-order valence-corrected chi connectivity index (χ4v) is 3.25. The van der Waals surface area contributed by atoms with Crippen LogP contribution in [0.3, 0.4) is 0 Å². The standard InChI is InChI=1S/C17H24O/c1-12(2)18-15-9-10-16(14-7-8-14)17(11-15)13-5-3-4-6-13/h9-14H,3-8H2,1-2H3. The summed E-state index contributed by atoms with van der Waals surface area (Å²) in [7, 11) is 0. The number of hydrogen-bond acceptors (Lipinski definition) is 1. The van der Waals surface area contributed by atoms with E-state index in [4.69, 9.17) is 4.74 Å². The summed E-state index contributed by atoms with van der Waals surface area (Å²) < 4.78 is 5.87. The molecule has 1 aromatic rings. The first-order valence-electron chi connectivity index (χ1n) is 7.54. The van der Waals surface area contributed by atoms with Crippen molar-refractivity contribution < 1.29 is 4.74 Å². The Balaban J connectivity index is 1.90. The van der Waals surface area contributed by atoms with Crippen LogP contribution >= 0.6 is 0 Å². The highest BCUT2D eigenvalue weighted by atomic mass is 16.5. The van der Waals surface area contributed by atoms with Gasteiger partial charge in [-0.05, 0) is 74.6 Å². The van der Waals surface area contributed by atoms with Gasteiger partial charge in [0.25, 0.3) is 0 Å². The van der Waals surface area contributed by atoms with Crippen LogP contribution in [0.4, 0.5) is 0 Å². The highest BCUT2D eigenvalue weighted by Gasteiger charge is 2.29. The molecule has 2 saturated carbocycles. The lowest BCUT2D eigenvalue weighted by molar-refractivity contribution is 0.242. The van der Waals surface area contributed by atoms with E-state index in [1.807, 2.05) is 0 Å². The Morgan fingerprint density at radius 1 is 0.944 bits per heavy atom. The van der Waals surface area contributed by atoms with Crippen molar-refractivity contribution in [2.75, 3.05) is 0 Å². The summed E-state index contributed by atoms with van der Waals surface area (Å²) >= 11 is 0. The van der Waals surface area contributed by atoms with E-state index in [2.05, 4.69) is 32.0 Å². The molecule has 0 spiro atoms. The van der Waals surface area contributed by atoms with Gasteiger partial charge in [0.15, 0.2) is 0 Å². The van der Waals surface area contributed by atoms with E-state index < -0.39 is 0 Å². The van der Waals surface area contributed by atoms with Crippen LogP contribution in [0.25, 0.3) is 0 Å². The summed E-state index contributed by atoms with van der Waals surface area (Å²) in [5, 5.41) is 0. The zero-order valence-electron chi connectivity index (χ0n) is 11.6. The van der Waals surface area contributed by atoms with Crippen molar-refractivity contribution in [3.63, 3.8) is 0 Å². The third-order valence-corrected chi connectivity index (χ3v) is 4.24. The average molecular weight is 244 g/mol. The molecule has 0 aliphatic heterocycles. The van der Waals surface area contributed by atoms with Crippen LogP contribution in [-0.2, 0) is 0 Å². The Morgan fingerprint density at radius 2 is 1.61 bits per heavy atom. The van der Waals surface area contributed by atoms with E-state index in [9.17, 15) is 0 Å². The number of rotatable bonds is 4. The van der Waals surface area contributed by atoms with Gasteiger partial charge < -0.3 is 4.74 Å². The molecule has 0 saturated heterocycles. The van der Waals surface area contributed by atoms with Crippen LogP contribution in [0.2, 0.25) is 0 Å². The van der Waals surface area contributed by atoms with Gasteiger partial charge >= 0.3 is 0 Å². The van der Waals surface area contributed by atoms with E-state index in [1.54, 1.807) is 11.1 Å². The van der Waals surface area contributed by atoms with Gasteiger partial charge in [-0.3, -0.25) is 0 Å². The molecule has 0 N–H and O–H groups in total. The smallest absolute Gasteiger partial charge is 0.119 e. The van der Waals surface area contributed by atoms with E-state index >= 15 is 0 Å². The third kappa shape index (κ3) is 2.55. The van der Waals surface area contributed by atoms with Crippen LogP contribution in [0.1, 0.15) is 75.3 Å². The van der Waals surface area contributed by atoms with E-state index in [0.717, 1.165) is 17.6 Å². The van der Waals surface area contributed by atoms with Gasteiger partial charge in [-0.2, -0.15) is 0 Å². The SMILES string of the molecule is CC(C)Oc1ccc(C2CC2)c(C2CCCC2)c1. The molecule has 3 rings (SSSR count). The van der Waals surface area contributed by atoms with Crippen LogP contribution in [0.15, 0.2) is 18.2 Å². The van der Waals surface area contributed by atoms with Crippen LogP contribution in [0.5, 0.6) is 5.75 Å². The molecule has 0 aromatic heterocycles. The fourth-order valence-electron chi connectivity index (χ4n) is 3.25. The molecule has 0 unspecified atom stereocenters. The van der Waals surface area contributed by atoms with Gasteiger partial charge in [0.1, 0.15) is 5.75 Å². The number of benzene rings is 1. The van der Waals surface area contributed by atoms with Gasteiger partial charge in [-0.1, -0.05) is 18.9 Å². The number of ether oxygens (including phenoxy) is 1. The van der Waals surface area contributed by atoms with Crippen molar-refractivity contribution in [1.82, 2.24) is 0 Å². The minimum atomic E-state index is 0.271. The lowest BCUT2D eigenvalue weighted by atomic mass is 9.90. The minimum Gasteiger partial charge on any atom is -0.491 e. The van der Waals surface area contributed by atoms with Gasteiger partial charge in [0, 0.05) is 0 Å². The molecule has 0 radical (unpaired) electrons. The molecule has 0 bridgehead atoms. The first-order valence-corrected chi connectivity index (χ1v) is 7.54. The molecular formula is C17H24O. The topological polar surface area (TPSA) is 9.23 Å². The van der Waals surface area contributed by atoms with Gasteiger partial charge in [-0.25, -0.2) is 0 Å². The summed E-state index contributed by atoms with van der Waals surface area (Å²) in [4.78, 5) is 0. The second kappa shape index (κ2) is 4.95. The Bertz CT molecular complexity index is 412. The summed E-state index contributed by atoms with van der Waals surface area (Å²) in [6.45, 7) is 4.20. The molecular weight excluding hydrogens is 220 g/mol. The molecule has 0 atom stereocenters. The third-order valence-electron chi connectivity index (χ3n) is 4.24. The van der Waals surface area contributed by atoms with Crippen molar-refractivity contribution in [3.05, 3.63) is 29.3 Å². The first-order chi connectivity index (χ1) is 8.74. The zero-order chi connectivity index (χ0) is 12.5. The Morgan fingerprint density at radius 3 is 2.22 bits per heavy atom. The maximum Gasteiger partial charge on any atom is 0.119 e. The average Bonchev–Trinajstić information content (AvgIpc) is 3.03. The van der Waals surface area contributed by atoms with Crippen molar-refractivity contribution in [2.45, 2.75) is 70.3 Å². The molecule has 18 heavy (non-hydrogen) atoms. The van der Waals surface area contributed by atoms with E-state index in [1.165, 1.54) is 38.5 Å². The lowest BCUT2D eigenvalue weighted by Crippen LogP contribution is -2.07. The van der Waals surface area contributed by atoms with Crippen LogP contribution in [-0.4, -0.2) is 6.10 Å². The molecule has 2 aliphatic rings.